The van der Waals surface area contributed by atoms with Gasteiger partial charge in [-0.2, -0.15) is 0 Å². The molecule has 0 aromatic carbocycles. The summed E-state index contributed by atoms with van der Waals surface area (Å²) < 4.78 is 31.2. The van der Waals surface area contributed by atoms with Crippen molar-refractivity contribution >= 4 is 40.0 Å². The average molecular weight is 487 g/mol. The monoisotopic (exact) mass is 487 g/mol. The number of sulfonamides is 1. The minimum Gasteiger partial charge on any atom is -0.444 e. The zero-order valence-electron chi connectivity index (χ0n) is 15.6. The van der Waals surface area contributed by atoms with Crippen molar-refractivity contribution in [2.45, 2.75) is 41.2 Å². The number of rotatable bonds is 9. The molecule has 1 aromatic heterocycles. The lowest BCUT2D eigenvalue weighted by molar-refractivity contribution is 0.445. The Morgan fingerprint density at radius 2 is 1.84 bits per heavy atom. The fraction of sp³-hybridized carbons (Fsp3) is 0.733. The fourth-order valence-corrected chi connectivity index (χ4v) is 3.54. The number of hydrogen-bond acceptors (Lipinski definition) is 5. The highest BCUT2D eigenvalue weighted by Crippen LogP contribution is 2.08. The maximum atomic E-state index is 12.2. The van der Waals surface area contributed by atoms with Crippen LogP contribution in [0.25, 0.3) is 0 Å². The van der Waals surface area contributed by atoms with Crippen LogP contribution in [-0.2, 0) is 16.6 Å². The van der Waals surface area contributed by atoms with E-state index in [0.717, 1.165) is 11.5 Å². The number of aliphatic imine (C=N–C) groups is 1. The molecule has 0 unspecified atom stereocenters. The first-order chi connectivity index (χ1) is 11.3. The van der Waals surface area contributed by atoms with Crippen LogP contribution in [0.4, 0.5) is 0 Å². The molecule has 0 spiro atoms. The van der Waals surface area contributed by atoms with Gasteiger partial charge >= 0.3 is 0 Å². The van der Waals surface area contributed by atoms with Crippen LogP contribution in [0, 0.1) is 13.8 Å². The lowest BCUT2D eigenvalue weighted by atomic mass is 10.4. The molecule has 0 atom stereocenters. The average Bonchev–Trinajstić information content (AvgIpc) is 2.84. The van der Waals surface area contributed by atoms with Gasteiger partial charge < -0.3 is 15.1 Å². The van der Waals surface area contributed by atoms with Gasteiger partial charge in [-0.05, 0) is 20.8 Å². The first-order valence-corrected chi connectivity index (χ1v) is 9.87. The molecule has 0 saturated carbocycles. The lowest BCUT2D eigenvalue weighted by Gasteiger charge is -2.19. The van der Waals surface area contributed by atoms with E-state index < -0.39 is 10.0 Å². The number of hydrogen-bond donors (Lipinski definition) is 2. The number of guanidine groups is 1. The Balaban J connectivity index is 0.00000576. The van der Waals surface area contributed by atoms with Crippen molar-refractivity contribution in [3.63, 3.8) is 0 Å². The number of nitrogens with zero attached hydrogens (tertiary/aromatic N) is 3. The van der Waals surface area contributed by atoms with Gasteiger partial charge in [0.05, 0.1) is 11.4 Å². The molecule has 1 aromatic rings. The standard InChI is InChI=1S/C15H29N5O3S.HI/c1-6-16-15(18-11-14-19-12(4)13(5)23-14)17-9-10-24(21,22)20(7-2)8-3;/h6-11H2,1-5H3,(H2,16,17,18);1H. The Morgan fingerprint density at radius 3 is 2.32 bits per heavy atom. The SMILES string of the molecule is CCNC(=NCc1nc(C)c(C)o1)NCCS(=O)(=O)N(CC)CC.I. The minimum atomic E-state index is -3.25. The van der Waals surface area contributed by atoms with Gasteiger partial charge in [-0.3, -0.25) is 0 Å². The predicted molar refractivity (Wildman–Crippen MR) is 111 cm³/mol. The molecule has 0 aliphatic rings. The summed E-state index contributed by atoms with van der Waals surface area (Å²) in [5, 5.41) is 6.11. The summed E-state index contributed by atoms with van der Waals surface area (Å²) in [6, 6.07) is 0. The third kappa shape index (κ3) is 7.90. The number of aryl methyl sites for hydroxylation is 2. The van der Waals surface area contributed by atoms with Crippen molar-refractivity contribution in [3.8, 4) is 0 Å². The molecule has 0 aliphatic heterocycles. The van der Waals surface area contributed by atoms with Gasteiger partial charge in [0, 0.05) is 26.2 Å². The van der Waals surface area contributed by atoms with E-state index in [0.29, 0.717) is 38.0 Å². The molecular formula is C15H30IN5O3S. The van der Waals surface area contributed by atoms with Crippen LogP contribution in [0.5, 0.6) is 0 Å². The van der Waals surface area contributed by atoms with Crippen LogP contribution in [0.15, 0.2) is 9.41 Å². The molecule has 1 rings (SSSR count). The van der Waals surface area contributed by atoms with E-state index in [1.165, 1.54) is 4.31 Å². The summed E-state index contributed by atoms with van der Waals surface area (Å²) in [7, 11) is -3.25. The Labute approximate surface area is 167 Å². The van der Waals surface area contributed by atoms with Crippen LogP contribution < -0.4 is 10.6 Å². The van der Waals surface area contributed by atoms with Crippen molar-refractivity contribution < 1.29 is 12.8 Å². The predicted octanol–water partition coefficient (Wildman–Crippen LogP) is 1.64. The first-order valence-electron chi connectivity index (χ1n) is 8.26. The Morgan fingerprint density at radius 1 is 1.20 bits per heavy atom. The Hall–Kier alpha value is -0.880. The van der Waals surface area contributed by atoms with Crippen LogP contribution in [0.1, 0.15) is 38.1 Å². The van der Waals surface area contributed by atoms with E-state index in [-0.39, 0.29) is 36.3 Å². The van der Waals surface area contributed by atoms with Crippen LogP contribution in [-0.4, -0.2) is 55.6 Å². The highest BCUT2D eigenvalue weighted by Gasteiger charge is 2.18. The van der Waals surface area contributed by atoms with E-state index >= 15 is 0 Å². The molecular weight excluding hydrogens is 457 g/mol. The number of halogens is 1. The number of aromatic nitrogens is 1. The molecule has 0 amide bonds. The summed E-state index contributed by atoms with van der Waals surface area (Å²) >= 11 is 0. The van der Waals surface area contributed by atoms with Crippen LogP contribution in [0.2, 0.25) is 0 Å². The highest BCUT2D eigenvalue weighted by molar-refractivity contribution is 14.0. The van der Waals surface area contributed by atoms with E-state index in [1.54, 1.807) is 0 Å². The zero-order chi connectivity index (χ0) is 18.2. The van der Waals surface area contributed by atoms with Crippen molar-refractivity contribution in [1.29, 1.82) is 0 Å². The third-order valence-electron chi connectivity index (χ3n) is 3.54. The molecule has 0 aliphatic carbocycles. The molecule has 0 radical (unpaired) electrons. The number of oxazole rings is 1. The first kappa shape index (κ1) is 24.1. The van der Waals surface area contributed by atoms with Crippen LogP contribution in [0.3, 0.4) is 0 Å². The van der Waals surface area contributed by atoms with Gasteiger partial charge in [0.1, 0.15) is 12.3 Å². The summed E-state index contributed by atoms with van der Waals surface area (Å²) in [6.07, 6.45) is 0. The third-order valence-corrected chi connectivity index (χ3v) is 5.56. The second kappa shape index (κ2) is 11.7. The second-order valence-corrected chi connectivity index (χ2v) is 7.36. The van der Waals surface area contributed by atoms with Crippen molar-refractivity contribution in [3.05, 3.63) is 17.3 Å². The topological polar surface area (TPSA) is 99.8 Å². The molecule has 0 saturated heterocycles. The van der Waals surface area contributed by atoms with Gasteiger partial charge in [0.2, 0.25) is 15.9 Å². The van der Waals surface area contributed by atoms with Gasteiger partial charge in [-0.15, -0.1) is 24.0 Å². The number of nitrogens with one attached hydrogen (secondary N) is 2. The minimum absolute atomic E-state index is 0. The molecule has 25 heavy (non-hydrogen) atoms. The lowest BCUT2D eigenvalue weighted by Crippen LogP contribution is -2.42. The van der Waals surface area contributed by atoms with E-state index in [9.17, 15) is 8.42 Å². The van der Waals surface area contributed by atoms with Crippen molar-refractivity contribution in [2.75, 3.05) is 31.9 Å². The molecule has 8 nitrogen and oxygen atoms in total. The normalized spacial score (nSPS) is 12.2. The second-order valence-electron chi connectivity index (χ2n) is 5.27. The molecule has 1 heterocycles. The van der Waals surface area contributed by atoms with E-state index in [2.05, 4.69) is 20.6 Å². The summed E-state index contributed by atoms with van der Waals surface area (Å²) in [5.41, 5.74) is 0.850. The van der Waals surface area contributed by atoms with Gasteiger partial charge in [-0.25, -0.2) is 22.7 Å². The molecule has 0 bridgehead atoms. The maximum absolute atomic E-state index is 12.2. The largest absolute Gasteiger partial charge is 0.444 e. The maximum Gasteiger partial charge on any atom is 0.216 e. The van der Waals surface area contributed by atoms with Crippen molar-refractivity contribution in [2.24, 2.45) is 4.99 Å². The molecule has 2 N–H and O–H groups in total. The van der Waals surface area contributed by atoms with Crippen LogP contribution >= 0.6 is 24.0 Å². The summed E-state index contributed by atoms with van der Waals surface area (Å²) in [4.78, 5) is 8.65. The molecule has 10 heteroatoms. The Kier molecular flexibility index (Phi) is 11.3. The van der Waals surface area contributed by atoms with E-state index in [4.69, 9.17) is 4.42 Å². The zero-order valence-corrected chi connectivity index (χ0v) is 18.8. The fourth-order valence-electron chi connectivity index (χ4n) is 2.14. The van der Waals surface area contributed by atoms with E-state index in [1.807, 2.05) is 34.6 Å². The van der Waals surface area contributed by atoms with Gasteiger partial charge in [0.25, 0.3) is 0 Å². The Bertz CT molecular complexity index is 622. The smallest absolute Gasteiger partial charge is 0.216 e. The van der Waals surface area contributed by atoms with Crippen molar-refractivity contribution in [1.82, 2.24) is 19.9 Å². The quantitative estimate of drug-likeness (QED) is 0.312. The molecule has 0 fully saturated rings. The summed E-state index contributed by atoms with van der Waals surface area (Å²) in [6.45, 7) is 11.6. The molecule has 146 valence electrons. The van der Waals surface area contributed by atoms with Gasteiger partial charge in [-0.1, -0.05) is 13.8 Å². The summed E-state index contributed by atoms with van der Waals surface area (Å²) in [5.74, 6) is 1.89. The highest BCUT2D eigenvalue weighted by atomic mass is 127. The van der Waals surface area contributed by atoms with Gasteiger partial charge in [0.15, 0.2) is 5.96 Å².